The van der Waals surface area contributed by atoms with E-state index in [0.717, 1.165) is 31.4 Å². The summed E-state index contributed by atoms with van der Waals surface area (Å²) in [6, 6.07) is 6.71. The minimum atomic E-state index is -1.85. The van der Waals surface area contributed by atoms with E-state index in [9.17, 15) is 4.79 Å². The van der Waals surface area contributed by atoms with E-state index in [0.29, 0.717) is 30.5 Å². The number of ether oxygens (including phenoxy) is 2. The molecule has 0 amide bonds. The maximum Gasteiger partial charge on any atom is 0.302 e. The first-order valence-corrected chi connectivity index (χ1v) is 16.5. The smallest absolute Gasteiger partial charge is 0.302 e. The van der Waals surface area contributed by atoms with Crippen molar-refractivity contribution in [2.45, 2.75) is 103 Å². The van der Waals surface area contributed by atoms with Crippen LogP contribution in [0, 0.1) is 17.3 Å². The molecule has 0 N–H and O–H groups in total. The van der Waals surface area contributed by atoms with Gasteiger partial charge in [-0.3, -0.25) is 4.79 Å². The zero-order valence-corrected chi connectivity index (χ0v) is 24.2. The van der Waals surface area contributed by atoms with E-state index in [4.69, 9.17) is 13.9 Å². The van der Waals surface area contributed by atoms with E-state index in [1.165, 1.54) is 30.9 Å². The van der Waals surface area contributed by atoms with Crippen molar-refractivity contribution in [2.75, 3.05) is 13.7 Å². The molecule has 1 aromatic rings. The molecular weight excluding hydrogens is 452 g/mol. The van der Waals surface area contributed by atoms with Crippen LogP contribution >= 0.6 is 0 Å². The van der Waals surface area contributed by atoms with Crippen molar-refractivity contribution in [2.24, 2.45) is 17.3 Å². The molecule has 35 heavy (non-hydrogen) atoms. The third-order valence-corrected chi connectivity index (χ3v) is 14.2. The molecule has 0 spiro atoms. The highest BCUT2D eigenvalue weighted by atomic mass is 28.4. The number of rotatable bonds is 7. The lowest BCUT2D eigenvalue weighted by atomic mass is 9.54. The van der Waals surface area contributed by atoms with Crippen LogP contribution in [0.5, 0.6) is 5.75 Å². The van der Waals surface area contributed by atoms with Gasteiger partial charge >= 0.3 is 5.97 Å². The number of hydrogen-bond donors (Lipinski definition) is 0. The molecule has 1 aromatic carbocycles. The molecule has 0 aliphatic heterocycles. The number of carbonyl (C=O) groups is 1. The first-order chi connectivity index (χ1) is 16.4. The van der Waals surface area contributed by atoms with Gasteiger partial charge in [-0.2, -0.15) is 0 Å². The van der Waals surface area contributed by atoms with Gasteiger partial charge in [-0.05, 0) is 97.7 Å². The third-order valence-electron chi connectivity index (χ3n) is 9.70. The average molecular weight is 499 g/mol. The van der Waals surface area contributed by atoms with Gasteiger partial charge in [0.15, 0.2) is 8.32 Å². The molecular formula is C30H46O4Si. The Morgan fingerprint density at radius 1 is 1.23 bits per heavy atom. The molecule has 5 heteroatoms. The van der Waals surface area contributed by atoms with Crippen molar-refractivity contribution >= 4 is 14.3 Å². The van der Waals surface area contributed by atoms with Gasteiger partial charge in [0, 0.05) is 12.3 Å². The average Bonchev–Trinajstić information content (AvgIpc) is 3.10. The zero-order chi connectivity index (χ0) is 25.6. The topological polar surface area (TPSA) is 44.8 Å². The van der Waals surface area contributed by atoms with Crippen LogP contribution in [-0.4, -0.2) is 34.1 Å². The lowest BCUT2D eigenvalue weighted by Gasteiger charge is -2.52. The Bertz CT molecular complexity index is 975. The summed E-state index contributed by atoms with van der Waals surface area (Å²) in [7, 11) is -0.103. The van der Waals surface area contributed by atoms with E-state index in [-0.39, 0.29) is 16.4 Å². The lowest BCUT2D eigenvalue weighted by molar-refractivity contribution is -0.141. The van der Waals surface area contributed by atoms with Gasteiger partial charge in [-0.15, -0.1) is 0 Å². The monoisotopic (exact) mass is 498 g/mol. The molecule has 194 valence electrons. The quantitative estimate of drug-likeness (QED) is 0.170. The summed E-state index contributed by atoms with van der Waals surface area (Å²) in [5.74, 6) is 2.40. The molecule has 0 saturated heterocycles. The third kappa shape index (κ3) is 5.00. The summed E-state index contributed by atoms with van der Waals surface area (Å²) < 4.78 is 18.0. The summed E-state index contributed by atoms with van der Waals surface area (Å²) in [5.41, 5.74) is 4.73. The van der Waals surface area contributed by atoms with E-state index in [1.807, 2.05) is 0 Å². The Labute approximate surface area is 213 Å². The number of hydrogen-bond acceptors (Lipinski definition) is 4. The zero-order valence-electron chi connectivity index (χ0n) is 23.2. The minimum absolute atomic E-state index is 0.120. The van der Waals surface area contributed by atoms with Crippen LogP contribution in [0.1, 0.15) is 83.8 Å². The number of esters is 1. The Hall–Kier alpha value is -1.59. The minimum Gasteiger partial charge on any atom is -0.497 e. The largest absolute Gasteiger partial charge is 0.497 e. The van der Waals surface area contributed by atoms with Crippen molar-refractivity contribution in [1.29, 1.82) is 0 Å². The highest BCUT2D eigenvalue weighted by Crippen LogP contribution is 2.62. The standard InChI is InChI=1S/C30H46O4Si/c1-20(31)33-17-9-10-21-18-22-19-23(32-6)11-12-24(22)25-15-16-30(5)26(28(21)25)13-14-27(30)34-35(7,8)29(2,3)4/h11-13,19,21,25,27-28H,9-10,14-18H2,1-8H3/t21-,25-,27+,28-,30+/m1/s1. The van der Waals surface area contributed by atoms with Gasteiger partial charge in [-0.1, -0.05) is 45.4 Å². The van der Waals surface area contributed by atoms with Crippen LogP contribution in [0.25, 0.3) is 0 Å². The van der Waals surface area contributed by atoms with Crippen LogP contribution in [0.3, 0.4) is 0 Å². The molecule has 4 rings (SSSR count). The van der Waals surface area contributed by atoms with Gasteiger partial charge < -0.3 is 13.9 Å². The normalized spacial score (nSPS) is 30.1. The van der Waals surface area contributed by atoms with Crippen molar-refractivity contribution in [3.63, 3.8) is 0 Å². The van der Waals surface area contributed by atoms with Gasteiger partial charge in [-0.25, -0.2) is 0 Å². The molecule has 0 aromatic heterocycles. The van der Waals surface area contributed by atoms with Gasteiger partial charge in [0.1, 0.15) is 5.75 Å². The van der Waals surface area contributed by atoms with Crippen LogP contribution < -0.4 is 4.74 Å². The SMILES string of the molecule is COc1ccc2c(c1)C[C@@H](CCCOC(C)=O)[C@H]1C3=CC[C@H](O[Si](C)(C)C(C)(C)C)[C@@]3(C)CC[C@H]21. The molecule has 5 atom stereocenters. The van der Waals surface area contributed by atoms with Crippen molar-refractivity contribution in [1.82, 2.24) is 0 Å². The first-order valence-electron chi connectivity index (χ1n) is 13.6. The maximum atomic E-state index is 11.3. The molecule has 4 nitrogen and oxygen atoms in total. The summed E-state index contributed by atoms with van der Waals surface area (Å²) in [5, 5.41) is 0.214. The van der Waals surface area contributed by atoms with Crippen molar-refractivity contribution < 1.29 is 18.7 Å². The van der Waals surface area contributed by atoms with Gasteiger partial charge in [0.05, 0.1) is 19.8 Å². The van der Waals surface area contributed by atoms with E-state index >= 15 is 0 Å². The molecule has 0 unspecified atom stereocenters. The van der Waals surface area contributed by atoms with Gasteiger partial charge in [0.2, 0.25) is 0 Å². The van der Waals surface area contributed by atoms with Crippen molar-refractivity contribution in [3.05, 3.63) is 41.0 Å². The second-order valence-corrected chi connectivity index (χ2v) is 17.6. The second-order valence-electron chi connectivity index (χ2n) is 12.9. The highest BCUT2D eigenvalue weighted by Gasteiger charge is 2.55. The molecule has 0 heterocycles. The fourth-order valence-electron chi connectivity index (χ4n) is 6.73. The molecule has 0 radical (unpaired) electrons. The Morgan fingerprint density at radius 3 is 2.63 bits per heavy atom. The van der Waals surface area contributed by atoms with Crippen molar-refractivity contribution in [3.8, 4) is 5.75 Å². The highest BCUT2D eigenvalue weighted by molar-refractivity contribution is 6.74. The summed E-state index contributed by atoms with van der Waals surface area (Å²) in [6.45, 7) is 16.3. The fourth-order valence-corrected chi connectivity index (χ4v) is 8.15. The van der Waals surface area contributed by atoms with Crippen LogP contribution in [-0.2, 0) is 20.4 Å². The van der Waals surface area contributed by atoms with E-state index < -0.39 is 8.32 Å². The first kappa shape index (κ1) is 26.5. The molecule has 1 saturated carbocycles. The lowest BCUT2D eigenvalue weighted by Crippen LogP contribution is -2.50. The van der Waals surface area contributed by atoms with E-state index in [1.54, 1.807) is 12.7 Å². The second kappa shape index (κ2) is 9.70. The molecule has 0 bridgehead atoms. The summed E-state index contributed by atoms with van der Waals surface area (Å²) in [4.78, 5) is 11.3. The number of benzene rings is 1. The van der Waals surface area contributed by atoms with Crippen LogP contribution in [0.2, 0.25) is 18.1 Å². The Morgan fingerprint density at radius 2 is 1.97 bits per heavy atom. The number of carbonyl (C=O) groups excluding carboxylic acids is 1. The number of methoxy groups -OCH3 is 1. The summed E-state index contributed by atoms with van der Waals surface area (Å²) in [6.07, 6.45) is 9.33. The summed E-state index contributed by atoms with van der Waals surface area (Å²) >= 11 is 0. The van der Waals surface area contributed by atoms with Gasteiger partial charge in [0.25, 0.3) is 0 Å². The molecule has 1 fully saturated rings. The number of fused-ring (bicyclic) bond motifs is 5. The van der Waals surface area contributed by atoms with Crippen LogP contribution in [0.15, 0.2) is 29.8 Å². The Kier molecular flexibility index (Phi) is 7.34. The predicted molar refractivity (Wildman–Crippen MR) is 144 cm³/mol. The molecule has 3 aliphatic rings. The van der Waals surface area contributed by atoms with E-state index in [2.05, 4.69) is 65.1 Å². The predicted octanol–water partition coefficient (Wildman–Crippen LogP) is 7.43. The van der Waals surface area contributed by atoms with Crippen LogP contribution in [0.4, 0.5) is 0 Å². The maximum absolute atomic E-state index is 11.3. The molecule has 3 aliphatic carbocycles. The fraction of sp³-hybridized carbons (Fsp3) is 0.700. The Balaban J connectivity index is 1.63.